The Balaban J connectivity index is 3.83. The Hall–Kier alpha value is -0.870. The second-order valence-electron chi connectivity index (χ2n) is 2.74. The summed E-state index contributed by atoms with van der Waals surface area (Å²) < 4.78 is 9.26. The molecule has 0 aliphatic carbocycles. The van der Waals surface area contributed by atoms with Gasteiger partial charge in [0.15, 0.2) is 5.79 Å². The number of hydrogen-bond donors (Lipinski definition) is 1. The van der Waals surface area contributed by atoms with Crippen LogP contribution >= 0.6 is 0 Å². The van der Waals surface area contributed by atoms with Gasteiger partial charge in [0, 0.05) is 12.7 Å². The molecular weight excluding hydrogens is 160 g/mol. The van der Waals surface area contributed by atoms with Gasteiger partial charge in [-0.05, 0) is 13.8 Å². The molecular formula is C8H14O4. The van der Waals surface area contributed by atoms with Gasteiger partial charge in [0.25, 0.3) is 0 Å². The van der Waals surface area contributed by atoms with E-state index in [-0.39, 0.29) is 6.61 Å². The summed E-state index contributed by atoms with van der Waals surface area (Å²) >= 11 is 0. The highest BCUT2D eigenvalue weighted by Gasteiger charge is 2.21. The highest BCUT2D eigenvalue weighted by atomic mass is 16.6. The number of carbonyl (C=O) groups is 1. The van der Waals surface area contributed by atoms with E-state index in [1.165, 1.54) is 21.0 Å². The van der Waals surface area contributed by atoms with E-state index in [1.807, 2.05) is 0 Å². The Kier molecular flexibility index (Phi) is 3.92. The fraction of sp³-hybridized carbons (Fsp3) is 0.625. The Labute approximate surface area is 71.8 Å². The Morgan fingerprint density at radius 2 is 2.17 bits per heavy atom. The minimum atomic E-state index is -1.43. The maximum Gasteiger partial charge on any atom is 0.333 e. The van der Waals surface area contributed by atoms with Gasteiger partial charge in [0.1, 0.15) is 6.61 Å². The van der Waals surface area contributed by atoms with E-state index in [0.717, 1.165) is 0 Å². The maximum atomic E-state index is 10.8. The largest absolute Gasteiger partial charge is 0.457 e. The number of carbonyl (C=O) groups excluding carboxylic acids is 1. The molecule has 0 aliphatic heterocycles. The van der Waals surface area contributed by atoms with Crippen molar-refractivity contribution in [3.8, 4) is 0 Å². The van der Waals surface area contributed by atoms with Gasteiger partial charge in [0.05, 0.1) is 0 Å². The van der Waals surface area contributed by atoms with Crippen molar-refractivity contribution in [3.05, 3.63) is 12.2 Å². The third-order valence-corrected chi connectivity index (χ3v) is 1.26. The number of methoxy groups -OCH3 is 1. The third-order valence-electron chi connectivity index (χ3n) is 1.26. The molecule has 0 radical (unpaired) electrons. The monoisotopic (exact) mass is 174 g/mol. The zero-order chi connectivity index (χ0) is 9.78. The van der Waals surface area contributed by atoms with Crippen molar-refractivity contribution in [2.24, 2.45) is 0 Å². The smallest absolute Gasteiger partial charge is 0.333 e. The molecule has 0 heterocycles. The van der Waals surface area contributed by atoms with E-state index < -0.39 is 11.8 Å². The molecule has 0 saturated carbocycles. The summed E-state index contributed by atoms with van der Waals surface area (Å²) in [5, 5.41) is 9.22. The fourth-order valence-electron chi connectivity index (χ4n) is 0.382. The number of ether oxygens (including phenoxy) is 2. The molecule has 0 bridgehead atoms. The van der Waals surface area contributed by atoms with Crippen LogP contribution in [0.15, 0.2) is 12.2 Å². The minimum absolute atomic E-state index is 0.199. The van der Waals surface area contributed by atoms with Gasteiger partial charge in [-0.2, -0.15) is 0 Å². The van der Waals surface area contributed by atoms with E-state index in [4.69, 9.17) is 0 Å². The highest BCUT2D eigenvalue weighted by Crippen LogP contribution is 2.05. The molecule has 0 rings (SSSR count). The molecule has 0 spiro atoms. The lowest BCUT2D eigenvalue weighted by Gasteiger charge is -2.20. The second kappa shape index (κ2) is 4.23. The van der Waals surface area contributed by atoms with E-state index in [0.29, 0.717) is 5.57 Å². The summed E-state index contributed by atoms with van der Waals surface area (Å²) in [6.45, 7) is 6.12. The Morgan fingerprint density at radius 1 is 1.67 bits per heavy atom. The molecule has 4 heteroatoms. The predicted molar refractivity (Wildman–Crippen MR) is 43.4 cm³/mol. The maximum absolute atomic E-state index is 10.8. The van der Waals surface area contributed by atoms with E-state index >= 15 is 0 Å². The molecule has 70 valence electrons. The molecule has 0 amide bonds. The van der Waals surface area contributed by atoms with Crippen LogP contribution in [0.4, 0.5) is 0 Å². The molecule has 0 aliphatic rings. The first kappa shape index (κ1) is 11.1. The summed E-state index contributed by atoms with van der Waals surface area (Å²) in [7, 11) is 1.33. The second-order valence-corrected chi connectivity index (χ2v) is 2.74. The summed E-state index contributed by atoms with van der Waals surface area (Å²) in [5.74, 6) is -1.96. The van der Waals surface area contributed by atoms with Crippen molar-refractivity contribution in [2.75, 3.05) is 13.7 Å². The molecule has 4 nitrogen and oxygen atoms in total. The molecule has 0 saturated heterocycles. The Bertz CT molecular complexity index is 183. The average Bonchev–Trinajstić information content (AvgIpc) is 2.00. The predicted octanol–water partition coefficient (Wildman–Crippen LogP) is 0.461. The van der Waals surface area contributed by atoms with Crippen LogP contribution < -0.4 is 0 Å². The summed E-state index contributed by atoms with van der Waals surface area (Å²) in [4.78, 5) is 10.8. The quantitative estimate of drug-likeness (QED) is 0.382. The molecule has 0 aromatic heterocycles. The first-order valence-electron chi connectivity index (χ1n) is 3.49. The lowest BCUT2D eigenvalue weighted by Crippen LogP contribution is -2.33. The van der Waals surface area contributed by atoms with Crippen LogP contribution in [0.3, 0.4) is 0 Å². The first-order valence-corrected chi connectivity index (χ1v) is 3.49. The third kappa shape index (κ3) is 4.10. The van der Waals surface area contributed by atoms with Crippen LogP contribution in [0.25, 0.3) is 0 Å². The van der Waals surface area contributed by atoms with Crippen molar-refractivity contribution in [2.45, 2.75) is 19.6 Å². The van der Waals surface area contributed by atoms with Crippen LogP contribution in [-0.4, -0.2) is 30.6 Å². The average molecular weight is 174 g/mol. The lowest BCUT2D eigenvalue weighted by atomic mass is 10.3. The fourth-order valence-corrected chi connectivity index (χ4v) is 0.382. The lowest BCUT2D eigenvalue weighted by molar-refractivity contribution is -0.205. The van der Waals surface area contributed by atoms with E-state index in [1.54, 1.807) is 0 Å². The van der Waals surface area contributed by atoms with Crippen LogP contribution in [0, 0.1) is 0 Å². The van der Waals surface area contributed by atoms with Crippen LogP contribution in [-0.2, 0) is 14.3 Å². The summed E-state index contributed by atoms with van der Waals surface area (Å²) in [5.41, 5.74) is 0.293. The highest BCUT2D eigenvalue weighted by molar-refractivity contribution is 5.86. The van der Waals surface area contributed by atoms with Crippen LogP contribution in [0.5, 0.6) is 0 Å². The molecule has 1 unspecified atom stereocenters. The molecule has 1 atom stereocenters. The van der Waals surface area contributed by atoms with E-state index in [2.05, 4.69) is 16.1 Å². The van der Waals surface area contributed by atoms with Crippen molar-refractivity contribution in [1.82, 2.24) is 0 Å². The van der Waals surface area contributed by atoms with E-state index in [9.17, 15) is 9.90 Å². The number of aliphatic hydroxyl groups is 1. The standard InChI is InChI=1S/C8H14O4/c1-6(2)7(9)12-5-8(3,10)11-4/h10H,1,5H2,2-4H3. The van der Waals surface area contributed by atoms with Gasteiger partial charge in [0.2, 0.25) is 0 Å². The molecule has 1 N–H and O–H groups in total. The van der Waals surface area contributed by atoms with Crippen molar-refractivity contribution in [3.63, 3.8) is 0 Å². The van der Waals surface area contributed by atoms with Crippen molar-refractivity contribution < 1.29 is 19.4 Å². The van der Waals surface area contributed by atoms with Crippen molar-refractivity contribution >= 4 is 5.97 Å². The molecule has 0 aromatic carbocycles. The SMILES string of the molecule is C=C(C)C(=O)OCC(C)(O)OC. The number of hydrogen-bond acceptors (Lipinski definition) is 4. The number of rotatable bonds is 4. The molecule has 0 aromatic rings. The van der Waals surface area contributed by atoms with Gasteiger partial charge in [-0.25, -0.2) is 4.79 Å². The van der Waals surface area contributed by atoms with Gasteiger partial charge in [-0.1, -0.05) is 6.58 Å². The van der Waals surface area contributed by atoms with Gasteiger partial charge in [-0.15, -0.1) is 0 Å². The molecule has 12 heavy (non-hydrogen) atoms. The Morgan fingerprint density at radius 3 is 2.50 bits per heavy atom. The van der Waals surface area contributed by atoms with Crippen LogP contribution in [0.2, 0.25) is 0 Å². The topological polar surface area (TPSA) is 55.8 Å². The van der Waals surface area contributed by atoms with Gasteiger partial charge in [-0.3, -0.25) is 0 Å². The van der Waals surface area contributed by atoms with Crippen LogP contribution in [0.1, 0.15) is 13.8 Å². The van der Waals surface area contributed by atoms with Gasteiger partial charge >= 0.3 is 5.97 Å². The zero-order valence-electron chi connectivity index (χ0n) is 7.59. The minimum Gasteiger partial charge on any atom is -0.457 e. The van der Waals surface area contributed by atoms with Crippen molar-refractivity contribution in [1.29, 1.82) is 0 Å². The number of esters is 1. The normalized spacial score (nSPS) is 15.0. The zero-order valence-corrected chi connectivity index (χ0v) is 7.59. The van der Waals surface area contributed by atoms with Gasteiger partial charge < -0.3 is 14.6 Å². The summed E-state index contributed by atoms with van der Waals surface area (Å²) in [6.07, 6.45) is 0. The first-order chi connectivity index (χ1) is 5.39. The summed E-state index contributed by atoms with van der Waals surface area (Å²) in [6, 6.07) is 0. The molecule has 0 fully saturated rings.